The lowest BCUT2D eigenvalue weighted by atomic mass is 10.3. The van der Waals surface area contributed by atoms with E-state index < -0.39 is 10.0 Å². The van der Waals surface area contributed by atoms with Crippen LogP contribution in [-0.2, 0) is 10.0 Å². The van der Waals surface area contributed by atoms with E-state index in [1.165, 1.54) is 18.2 Å². The van der Waals surface area contributed by atoms with Crippen LogP contribution in [0.4, 0.5) is 5.69 Å². The molecule has 0 spiro atoms. The number of aromatic nitrogens is 2. The quantitative estimate of drug-likeness (QED) is 0.771. The van der Waals surface area contributed by atoms with Crippen molar-refractivity contribution in [2.45, 2.75) is 4.90 Å². The van der Waals surface area contributed by atoms with Gasteiger partial charge in [-0.05, 0) is 30.3 Å². The fourth-order valence-electron chi connectivity index (χ4n) is 1.77. The Hall–Kier alpha value is -1.41. The predicted octanol–water partition coefficient (Wildman–Crippen LogP) is 3.80. The molecule has 0 fully saturated rings. The average molecular weight is 360 g/mol. The Bertz CT molecular complexity index is 925. The van der Waals surface area contributed by atoms with E-state index in [1.807, 2.05) is 0 Å². The lowest BCUT2D eigenvalue weighted by Gasteiger charge is -2.10. The number of anilines is 1. The van der Waals surface area contributed by atoms with Gasteiger partial charge in [0.15, 0.2) is 0 Å². The Kier molecular flexibility index (Phi) is 3.75. The summed E-state index contributed by atoms with van der Waals surface area (Å²) in [5.74, 6) is 0. The van der Waals surface area contributed by atoms with Crippen molar-refractivity contribution >= 4 is 61.7 Å². The van der Waals surface area contributed by atoms with Gasteiger partial charge in [0.05, 0.1) is 22.4 Å². The first-order valence-corrected chi connectivity index (χ1v) is 8.63. The van der Waals surface area contributed by atoms with Gasteiger partial charge >= 0.3 is 0 Å². The van der Waals surface area contributed by atoms with Gasteiger partial charge in [0.25, 0.3) is 10.0 Å². The van der Waals surface area contributed by atoms with Crippen LogP contribution in [0.5, 0.6) is 0 Å². The molecule has 2 aromatic carbocycles. The highest BCUT2D eigenvalue weighted by molar-refractivity contribution is 7.93. The third-order valence-corrected chi connectivity index (χ3v) is 5.22. The van der Waals surface area contributed by atoms with Crippen LogP contribution in [0.25, 0.3) is 11.0 Å². The number of fused-ring (bicyclic) bond motifs is 1. The van der Waals surface area contributed by atoms with Crippen molar-refractivity contribution in [1.29, 1.82) is 0 Å². The fourth-order valence-corrected chi connectivity index (χ4v) is 4.00. The SMILES string of the molecule is O=S(=O)(Nc1cc(Cl)ccc1Cl)c1cccc2nsnc12. The van der Waals surface area contributed by atoms with Gasteiger partial charge in [-0.15, -0.1) is 0 Å². The van der Waals surface area contributed by atoms with Gasteiger partial charge in [-0.2, -0.15) is 8.75 Å². The van der Waals surface area contributed by atoms with Gasteiger partial charge in [-0.1, -0.05) is 29.3 Å². The van der Waals surface area contributed by atoms with Gasteiger partial charge in [-0.25, -0.2) is 8.42 Å². The molecule has 21 heavy (non-hydrogen) atoms. The number of benzene rings is 2. The molecule has 9 heteroatoms. The predicted molar refractivity (Wildman–Crippen MR) is 84.7 cm³/mol. The molecule has 1 N–H and O–H groups in total. The van der Waals surface area contributed by atoms with Crippen LogP contribution in [0.2, 0.25) is 10.0 Å². The summed E-state index contributed by atoms with van der Waals surface area (Å²) in [7, 11) is -3.84. The third-order valence-electron chi connectivity index (χ3n) is 2.71. The van der Waals surface area contributed by atoms with E-state index in [2.05, 4.69) is 13.5 Å². The fraction of sp³-hybridized carbons (Fsp3) is 0. The standard InChI is InChI=1S/C12H7Cl2N3O2S2/c13-7-4-5-8(14)10(6-7)17-21(18,19)11-3-1-2-9-12(11)16-20-15-9/h1-6,17H. The Morgan fingerprint density at radius 1 is 1.10 bits per heavy atom. The second-order valence-electron chi connectivity index (χ2n) is 4.12. The van der Waals surface area contributed by atoms with E-state index >= 15 is 0 Å². The van der Waals surface area contributed by atoms with Crippen molar-refractivity contribution in [2.24, 2.45) is 0 Å². The van der Waals surface area contributed by atoms with E-state index in [0.29, 0.717) is 16.1 Å². The molecule has 0 aliphatic carbocycles. The molecule has 0 saturated heterocycles. The molecule has 0 amide bonds. The van der Waals surface area contributed by atoms with Crippen LogP contribution in [0, 0.1) is 0 Å². The molecule has 5 nitrogen and oxygen atoms in total. The van der Waals surface area contributed by atoms with Gasteiger partial charge in [0.1, 0.15) is 15.9 Å². The molecular formula is C12H7Cl2N3O2S2. The van der Waals surface area contributed by atoms with Crippen LogP contribution in [-0.4, -0.2) is 17.2 Å². The molecule has 0 atom stereocenters. The number of hydrogen-bond acceptors (Lipinski definition) is 5. The molecule has 3 aromatic rings. The molecule has 0 saturated carbocycles. The molecule has 0 unspecified atom stereocenters. The summed E-state index contributed by atoms with van der Waals surface area (Å²) in [6, 6.07) is 9.31. The molecule has 0 aliphatic rings. The zero-order chi connectivity index (χ0) is 15.0. The molecular weight excluding hydrogens is 353 g/mol. The molecule has 0 aliphatic heterocycles. The first-order chi connectivity index (χ1) is 9.97. The Morgan fingerprint density at radius 2 is 1.90 bits per heavy atom. The lowest BCUT2D eigenvalue weighted by molar-refractivity contribution is 0.602. The summed E-state index contributed by atoms with van der Waals surface area (Å²) >= 11 is 12.8. The normalized spacial score (nSPS) is 11.7. The summed E-state index contributed by atoms with van der Waals surface area (Å²) in [6.45, 7) is 0. The van der Waals surface area contributed by atoms with Gasteiger partial charge in [0, 0.05) is 5.02 Å². The maximum absolute atomic E-state index is 12.5. The first-order valence-electron chi connectivity index (χ1n) is 5.66. The summed E-state index contributed by atoms with van der Waals surface area (Å²) < 4.78 is 35.5. The minimum absolute atomic E-state index is 0.0461. The lowest BCUT2D eigenvalue weighted by Crippen LogP contribution is -2.13. The second-order valence-corrected chi connectivity index (χ2v) is 7.14. The van der Waals surface area contributed by atoms with Gasteiger partial charge in [-0.3, -0.25) is 4.72 Å². The van der Waals surface area contributed by atoms with Crippen molar-refractivity contribution in [3.05, 3.63) is 46.4 Å². The third kappa shape index (κ3) is 2.82. The van der Waals surface area contributed by atoms with E-state index in [1.54, 1.807) is 18.2 Å². The minimum Gasteiger partial charge on any atom is -0.278 e. The van der Waals surface area contributed by atoms with E-state index in [9.17, 15) is 8.42 Å². The molecule has 108 valence electrons. The van der Waals surface area contributed by atoms with Crippen LogP contribution in [0.1, 0.15) is 0 Å². The monoisotopic (exact) mass is 359 g/mol. The van der Waals surface area contributed by atoms with Crippen LogP contribution < -0.4 is 4.72 Å². The van der Waals surface area contributed by atoms with Crippen molar-refractivity contribution in [3.63, 3.8) is 0 Å². The van der Waals surface area contributed by atoms with E-state index in [-0.39, 0.29) is 15.6 Å². The smallest absolute Gasteiger partial charge is 0.264 e. The molecule has 0 bridgehead atoms. The van der Waals surface area contributed by atoms with E-state index in [0.717, 1.165) is 11.7 Å². The van der Waals surface area contributed by atoms with Crippen molar-refractivity contribution in [2.75, 3.05) is 4.72 Å². The van der Waals surface area contributed by atoms with Gasteiger partial charge < -0.3 is 0 Å². The summed E-state index contributed by atoms with van der Waals surface area (Å²) in [5.41, 5.74) is 1.07. The average Bonchev–Trinajstić information content (AvgIpc) is 2.90. The largest absolute Gasteiger partial charge is 0.278 e. The highest BCUT2D eigenvalue weighted by atomic mass is 35.5. The Balaban J connectivity index is 2.09. The van der Waals surface area contributed by atoms with Crippen LogP contribution in [0.15, 0.2) is 41.3 Å². The zero-order valence-corrected chi connectivity index (χ0v) is 13.4. The highest BCUT2D eigenvalue weighted by Gasteiger charge is 2.20. The maximum Gasteiger partial charge on any atom is 0.264 e. The number of nitrogens with zero attached hydrogens (tertiary/aromatic N) is 2. The number of rotatable bonds is 3. The van der Waals surface area contributed by atoms with Crippen molar-refractivity contribution in [3.8, 4) is 0 Å². The first kappa shape index (κ1) is 14.5. The molecule has 0 radical (unpaired) electrons. The van der Waals surface area contributed by atoms with Crippen LogP contribution >= 0.6 is 34.9 Å². The molecule has 3 rings (SSSR count). The van der Waals surface area contributed by atoms with Crippen LogP contribution in [0.3, 0.4) is 0 Å². The number of hydrogen-bond donors (Lipinski definition) is 1. The number of sulfonamides is 1. The second kappa shape index (κ2) is 5.42. The van der Waals surface area contributed by atoms with Gasteiger partial charge in [0.2, 0.25) is 0 Å². The highest BCUT2D eigenvalue weighted by Crippen LogP contribution is 2.29. The topological polar surface area (TPSA) is 72.0 Å². The zero-order valence-electron chi connectivity index (χ0n) is 10.2. The molecule has 1 heterocycles. The molecule has 1 aromatic heterocycles. The van der Waals surface area contributed by atoms with E-state index in [4.69, 9.17) is 23.2 Å². The summed E-state index contributed by atoms with van der Waals surface area (Å²) in [5, 5.41) is 0.636. The maximum atomic E-state index is 12.5. The minimum atomic E-state index is -3.84. The van der Waals surface area contributed by atoms with Crippen molar-refractivity contribution < 1.29 is 8.42 Å². The summed E-state index contributed by atoms with van der Waals surface area (Å²) in [4.78, 5) is 0.0461. The van der Waals surface area contributed by atoms with Crippen molar-refractivity contribution in [1.82, 2.24) is 8.75 Å². The number of nitrogens with one attached hydrogen (secondary N) is 1. The Morgan fingerprint density at radius 3 is 2.71 bits per heavy atom. The Labute approximate surface area is 134 Å². The summed E-state index contributed by atoms with van der Waals surface area (Å²) in [6.07, 6.45) is 0. The number of halogens is 2.